The minimum absolute atomic E-state index is 0. The van der Waals surface area contributed by atoms with Crippen molar-refractivity contribution in [3.05, 3.63) is 44.5 Å². The Morgan fingerprint density at radius 3 is 2.68 bits per heavy atom. The average Bonchev–Trinajstić information content (AvgIpc) is 2.58. The molecule has 0 aliphatic carbocycles. The number of aromatic amines is 1. The Balaban J connectivity index is 0.00000312. The zero-order chi connectivity index (χ0) is 17.5. The molecule has 0 unspecified atom stereocenters. The third-order valence-corrected chi connectivity index (χ3v) is 3.62. The van der Waals surface area contributed by atoms with Gasteiger partial charge in [0.15, 0.2) is 0 Å². The number of hydrogen-bond donors (Lipinski definition) is 3. The Hall–Kier alpha value is -2.16. The lowest BCUT2D eigenvalue weighted by atomic mass is 10.1. The molecule has 0 spiro atoms. The average molecular weight is 371 g/mol. The van der Waals surface area contributed by atoms with Crippen LogP contribution in [0.1, 0.15) is 17.3 Å². The fraction of sp³-hybridized carbons (Fsp3) is 0.438. The summed E-state index contributed by atoms with van der Waals surface area (Å²) in [4.78, 5) is 38.2. The summed E-state index contributed by atoms with van der Waals surface area (Å²) in [6.07, 6.45) is 0. The number of aromatic nitrogens is 2. The largest absolute Gasteiger partial charge is 0.383 e. The van der Waals surface area contributed by atoms with Crippen molar-refractivity contribution < 1.29 is 9.53 Å². The van der Waals surface area contributed by atoms with Crippen LogP contribution in [-0.2, 0) is 11.3 Å². The highest BCUT2D eigenvalue weighted by molar-refractivity contribution is 5.97. The van der Waals surface area contributed by atoms with E-state index in [1.807, 2.05) is 0 Å². The number of ether oxygens (including phenoxy) is 1. The highest BCUT2D eigenvalue weighted by Gasteiger charge is 2.10. The molecular weight excluding hydrogens is 348 g/mol. The van der Waals surface area contributed by atoms with Crippen LogP contribution in [0.5, 0.6) is 0 Å². The lowest BCUT2D eigenvalue weighted by Crippen LogP contribution is -2.36. The minimum atomic E-state index is -0.691. The van der Waals surface area contributed by atoms with Gasteiger partial charge in [-0.1, -0.05) is 0 Å². The Labute approximate surface area is 151 Å². The molecule has 0 fully saturated rings. The number of nitrogens with one attached hydrogen (secondary N) is 3. The van der Waals surface area contributed by atoms with Crippen molar-refractivity contribution in [2.75, 3.05) is 33.4 Å². The molecule has 1 heterocycles. The Bertz CT molecular complexity index is 831. The predicted molar refractivity (Wildman–Crippen MR) is 98.8 cm³/mol. The number of carbonyl (C=O) groups excluding carboxylic acids is 1. The third-order valence-electron chi connectivity index (χ3n) is 3.62. The molecular formula is C16H23ClN4O4. The first-order valence-electron chi connectivity index (χ1n) is 7.83. The first-order valence-corrected chi connectivity index (χ1v) is 7.83. The first-order chi connectivity index (χ1) is 11.6. The van der Waals surface area contributed by atoms with Crippen LogP contribution in [-0.4, -0.2) is 48.8 Å². The van der Waals surface area contributed by atoms with Gasteiger partial charge < -0.3 is 24.9 Å². The van der Waals surface area contributed by atoms with Gasteiger partial charge in [0.2, 0.25) is 0 Å². The molecule has 2 rings (SSSR count). The normalized spacial score (nSPS) is 10.5. The maximum absolute atomic E-state index is 12.2. The van der Waals surface area contributed by atoms with Crippen LogP contribution in [0.2, 0.25) is 0 Å². The van der Waals surface area contributed by atoms with E-state index in [1.165, 1.54) is 4.57 Å². The van der Waals surface area contributed by atoms with Crippen molar-refractivity contribution in [2.45, 2.75) is 13.5 Å². The van der Waals surface area contributed by atoms with Crippen molar-refractivity contribution in [3.63, 3.8) is 0 Å². The molecule has 1 amide bonds. The van der Waals surface area contributed by atoms with Gasteiger partial charge in [-0.15, -0.1) is 12.4 Å². The van der Waals surface area contributed by atoms with Gasteiger partial charge in [-0.2, -0.15) is 0 Å². The van der Waals surface area contributed by atoms with Crippen molar-refractivity contribution in [3.8, 4) is 0 Å². The molecule has 1 aromatic carbocycles. The summed E-state index contributed by atoms with van der Waals surface area (Å²) in [7, 11) is 1.63. The molecule has 1 aromatic heterocycles. The van der Waals surface area contributed by atoms with Crippen molar-refractivity contribution >= 4 is 29.3 Å². The van der Waals surface area contributed by atoms with Crippen LogP contribution in [0, 0.1) is 0 Å². The molecule has 2 aromatic rings. The van der Waals surface area contributed by atoms with Crippen molar-refractivity contribution in [2.24, 2.45) is 0 Å². The van der Waals surface area contributed by atoms with E-state index in [-0.39, 0.29) is 18.3 Å². The maximum atomic E-state index is 12.2. The Morgan fingerprint density at radius 1 is 1.24 bits per heavy atom. The van der Waals surface area contributed by atoms with Crippen LogP contribution in [0.4, 0.5) is 0 Å². The summed E-state index contributed by atoms with van der Waals surface area (Å²) < 4.78 is 6.30. The lowest BCUT2D eigenvalue weighted by molar-refractivity contribution is 0.0954. The van der Waals surface area contributed by atoms with Gasteiger partial charge in [-0.25, -0.2) is 0 Å². The quantitative estimate of drug-likeness (QED) is 0.451. The van der Waals surface area contributed by atoms with Crippen LogP contribution in [0.25, 0.3) is 11.0 Å². The molecule has 0 saturated carbocycles. The minimum Gasteiger partial charge on any atom is -0.383 e. The van der Waals surface area contributed by atoms with E-state index in [4.69, 9.17) is 4.74 Å². The summed E-state index contributed by atoms with van der Waals surface area (Å²) in [5, 5.41) is 5.92. The number of aryl methyl sites for hydroxylation is 1. The second-order valence-corrected chi connectivity index (χ2v) is 5.23. The molecule has 8 nitrogen and oxygen atoms in total. The van der Waals surface area contributed by atoms with E-state index in [1.54, 1.807) is 32.2 Å². The standard InChI is InChI=1S/C16H22N4O4.ClH/c1-3-20-13-5-4-11(10-12(13)19-15(22)16(20)23)14(21)18-7-6-17-8-9-24-2;/h4-5,10,17H,3,6-9H2,1-2H3,(H,18,21)(H,19,22);1H. The summed E-state index contributed by atoms with van der Waals surface area (Å²) in [5.41, 5.74) is 0.206. The van der Waals surface area contributed by atoms with E-state index in [2.05, 4.69) is 15.6 Å². The van der Waals surface area contributed by atoms with E-state index >= 15 is 0 Å². The van der Waals surface area contributed by atoms with Crippen LogP contribution in [0.3, 0.4) is 0 Å². The van der Waals surface area contributed by atoms with Gasteiger partial charge in [0.05, 0.1) is 17.6 Å². The van der Waals surface area contributed by atoms with E-state index < -0.39 is 11.1 Å². The number of halogens is 1. The van der Waals surface area contributed by atoms with E-state index in [9.17, 15) is 14.4 Å². The zero-order valence-corrected chi connectivity index (χ0v) is 15.1. The lowest BCUT2D eigenvalue weighted by Gasteiger charge is -2.09. The van der Waals surface area contributed by atoms with E-state index in [0.29, 0.717) is 42.8 Å². The number of fused-ring (bicyclic) bond motifs is 1. The van der Waals surface area contributed by atoms with Gasteiger partial charge in [0.1, 0.15) is 0 Å². The van der Waals surface area contributed by atoms with Crippen molar-refractivity contribution in [1.82, 2.24) is 20.2 Å². The molecule has 0 saturated heterocycles. The number of nitrogens with zero attached hydrogens (tertiary/aromatic N) is 1. The van der Waals surface area contributed by atoms with Crippen LogP contribution in [0.15, 0.2) is 27.8 Å². The van der Waals surface area contributed by atoms with Crippen LogP contribution < -0.4 is 21.8 Å². The molecule has 0 bridgehead atoms. The van der Waals surface area contributed by atoms with Crippen molar-refractivity contribution in [1.29, 1.82) is 0 Å². The molecule has 25 heavy (non-hydrogen) atoms. The maximum Gasteiger partial charge on any atom is 0.316 e. The highest BCUT2D eigenvalue weighted by atomic mass is 35.5. The Morgan fingerprint density at radius 2 is 2.00 bits per heavy atom. The second-order valence-electron chi connectivity index (χ2n) is 5.23. The number of carbonyl (C=O) groups is 1. The SMILES string of the molecule is CCn1c(=O)c(=O)[nH]c2cc(C(=O)NCCNCCOC)ccc21.Cl. The molecule has 138 valence electrons. The zero-order valence-electron chi connectivity index (χ0n) is 14.3. The first kappa shape index (κ1) is 20.9. The number of rotatable bonds is 8. The monoisotopic (exact) mass is 370 g/mol. The summed E-state index contributed by atoms with van der Waals surface area (Å²) in [6.45, 7) is 4.62. The number of hydrogen-bond acceptors (Lipinski definition) is 5. The summed E-state index contributed by atoms with van der Waals surface area (Å²) in [6, 6.07) is 4.89. The highest BCUT2D eigenvalue weighted by Crippen LogP contribution is 2.11. The fourth-order valence-corrected chi connectivity index (χ4v) is 2.40. The molecule has 0 aliphatic rings. The molecule has 9 heteroatoms. The van der Waals surface area contributed by atoms with Gasteiger partial charge in [-0.05, 0) is 25.1 Å². The van der Waals surface area contributed by atoms with Gasteiger partial charge in [0, 0.05) is 38.9 Å². The number of methoxy groups -OCH3 is 1. The van der Waals surface area contributed by atoms with Gasteiger partial charge >= 0.3 is 11.1 Å². The smallest absolute Gasteiger partial charge is 0.316 e. The molecule has 0 radical (unpaired) electrons. The number of amides is 1. The predicted octanol–water partition coefficient (Wildman–Crippen LogP) is 0.0973. The number of H-pyrrole nitrogens is 1. The molecule has 3 N–H and O–H groups in total. The summed E-state index contributed by atoms with van der Waals surface area (Å²) in [5.74, 6) is -0.236. The molecule has 0 aliphatic heterocycles. The van der Waals surface area contributed by atoms with Gasteiger partial charge in [-0.3, -0.25) is 14.4 Å². The summed E-state index contributed by atoms with van der Waals surface area (Å²) >= 11 is 0. The van der Waals surface area contributed by atoms with E-state index in [0.717, 1.165) is 6.54 Å². The van der Waals surface area contributed by atoms with Crippen LogP contribution >= 0.6 is 12.4 Å². The van der Waals surface area contributed by atoms with Gasteiger partial charge in [0.25, 0.3) is 5.91 Å². The second kappa shape index (κ2) is 9.97. The fourth-order valence-electron chi connectivity index (χ4n) is 2.40. The Kier molecular flexibility index (Phi) is 8.33. The molecule has 0 atom stereocenters. The topological polar surface area (TPSA) is 105 Å². The number of benzene rings is 1. The third kappa shape index (κ3) is 5.15.